The van der Waals surface area contributed by atoms with Crippen LogP contribution in [0.4, 0.5) is 13.2 Å². The number of halogens is 3. The Labute approximate surface area is 207 Å². The summed E-state index contributed by atoms with van der Waals surface area (Å²) < 4.78 is 49.3. The molecule has 8 heteroatoms. The van der Waals surface area contributed by atoms with Gasteiger partial charge in [-0.1, -0.05) is 36.4 Å². The van der Waals surface area contributed by atoms with Gasteiger partial charge in [-0.05, 0) is 65.9 Å². The van der Waals surface area contributed by atoms with Gasteiger partial charge in [-0.15, -0.1) is 0 Å². The third-order valence-electron chi connectivity index (χ3n) is 6.06. The zero-order chi connectivity index (χ0) is 25.7. The van der Waals surface area contributed by atoms with Crippen molar-refractivity contribution in [2.75, 3.05) is 13.7 Å². The molecule has 188 valence electrons. The monoisotopic (exact) mass is 497 g/mol. The number of hydrogen-bond acceptors (Lipinski definition) is 4. The Morgan fingerprint density at radius 2 is 1.50 bits per heavy atom. The summed E-state index contributed by atoms with van der Waals surface area (Å²) in [5, 5.41) is 2.69. The second-order valence-corrected chi connectivity index (χ2v) is 8.68. The fraction of sp³-hybridized carbons (Fsp3) is 0.286. The van der Waals surface area contributed by atoms with Gasteiger partial charge >= 0.3 is 12.1 Å². The first-order chi connectivity index (χ1) is 17.2. The Morgan fingerprint density at radius 3 is 2.03 bits per heavy atom. The Morgan fingerprint density at radius 1 is 0.917 bits per heavy atom. The van der Waals surface area contributed by atoms with Gasteiger partial charge in [0.15, 0.2) is 0 Å². The number of carbonyl (C=O) groups is 2. The molecule has 3 aromatic rings. The van der Waals surface area contributed by atoms with E-state index in [0.29, 0.717) is 22.8 Å². The SMILES string of the molecule is COC(=O)CCNC(=O)c1ccc(C(Oc2ccc(-c3ccc(C(F)(F)F)cc3)cc2)C2CC2)cc1. The van der Waals surface area contributed by atoms with E-state index < -0.39 is 11.7 Å². The molecule has 0 saturated heterocycles. The van der Waals surface area contributed by atoms with E-state index >= 15 is 0 Å². The molecule has 3 aromatic carbocycles. The van der Waals surface area contributed by atoms with Gasteiger partial charge < -0.3 is 14.8 Å². The minimum absolute atomic E-state index is 0.107. The molecule has 1 aliphatic carbocycles. The van der Waals surface area contributed by atoms with Crippen LogP contribution in [-0.4, -0.2) is 25.5 Å². The lowest BCUT2D eigenvalue weighted by Crippen LogP contribution is -2.26. The average molecular weight is 498 g/mol. The number of benzene rings is 3. The summed E-state index contributed by atoms with van der Waals surface area (Å²) >= 11 is 0. The van der Waals surface area contributed by atoms with E-state index in [9.17, 15) is 22.8 Å². The average Bonchev–Trinajstić information content (AvgIpc) is 3.72. The zero-order valence-corrected chi connectivity index (χ0v) is 19.7. The normalized spacial score (nSPS) is 14.1. The number of ether oxygens (including phenoxy) is 2. The number of nitrogens with one attached hydrogen (secondary N) is 1. The Hall–Kier alpha value is -3.81. The molecule has 1 unspecified atom stereocenters. The van der Waals surface area contributed by atoms with Gasteiger partial charge in [-0.2, -0.15) is 13.2 Å². The number of methoxy groups -OCH3 is 1. The van der Waals surface area contributed by atoms with Crippen LogP contribution in [0.15, 0.2) is 72.8 Å². The van der Waals surface area contributed by atoms with E-state index in [-0.39, 0.29) is 30.9 Å². The van der Waals surface area contributed by atoms with Crippen molar-refractivity contribution in [3.05, 3.63) is 89.5 Å². The molecule has 1 atom stereocenters. The second-order valence-electron chi connectivity index (χ2n) is 8.68. The zero-order valence-electron chi connectivity index (χ0n) is 19.7. The van der Waals surface area contributed by atoms with E-state index in [2.05, 4.69) is 10.1 Å². The molecule has 1 saturated carbocycles. The van der Waals surface area contributed by atoms with Crippen LogP contribution in [0, 0.1) is 5.92 Å². The fourth-order valence-electron chi connectivity index (χ4n) is 3.87. The van der Waals surface area contributed by atoms with Gasteiger partial charge in [0.1, 0.15) is 11.9 Å². The van der Waals surface area contributed by atoms with Crippen molar-refractivity contribution in [3.63, 3.8) is 0 Å². The van der Waals surface area contributed by atoms with Crippen LogP contribution in [-0.2, 0) is 15.7 Å². The van der Waals surface area contributed by atoms with E-state index in [4.69, 9.17) is 4.74 Å². The lowest BCUT2D eigenvalue weighted by Gasteiger charge is -2.20. The van der Waals surface area contributed by atoms with Gasteiger partial charge in [-0.3, -0.25) is 9.59 Å². The summed E-state index contributed by atoms with van der Waals surface area (Å²) in [5.74, 6) is 0.377. The highest BCUT2D eigenvalue weighted by molar-refractivity contribution is 5.94. The van der Waals surface area contributed by atoms with Crippen LogP contribution in [0.3, 0.4) is 0 Å². The predicted octanol–water partition coefficient (Wildman–Crippen LogP) is 6.20. The molecule has 5 nitrogen and oxygen atoms in total. The molecule has 0 bridgehead atoms. The highest BCUT2D eigenvalue weighted by Crippen LogP contribution is 2.44. The van der Waals surface area contributed by atoms with E-state index in [1.54, 1.807) is 12.1 Å². The Bertz CT molecular complexity index is 1190. The molecule has 1 fully saturated rings. The van der Waals surface area contributed by atoms with Crippen molar-refractivity contribution in [2.45, 2.75) is 31.5 Å². The summed E-state index contributed by atoms with van der Waals surface area (Å²) in [7, 11) is 1.30. The number of esters is 1. The van der Waals surface area contributed by atoms with Crippen molar-refractivity contribution in [1.29, 1.82) is 0 Å². The highest BCUT2D eigenvalue weighted by atomic mass is 19.4. The summed E-state index contributed by atoms with van der Waals surface area (Å²) in [6.45, 7) is 0.198. The van der Waals surface area contributed by atoms with Crippen molar-refractivity contribution in [3.8, 4) is 16.9 Å². The van der Waals surface area contributed by atoms with Crippen LogP contribution in [0.1, 0.15) is 46.9 Å². The number of carbonyl (C=O) groups excluding carboxylic acids is 2. The van der Waals surface area contributed by atoms with Crippen molar-refractivity contribution in [1.82, 2.24) is 5.32 Å². The molecule has 1 aliphatic rings. The van der Waals surface area contributed by atoms with Crippen molar-refractivity contribution in [2.24, 2.45) is 5.92 Å². The predicted molar refractivity (Wildman–Crippen MR) is 128 cm³/mol. The topological polar surface area (TPSA) is 64.6 Å². The number of hydrogen-bond donors (Lipinski definition) is 1. The van der Waals surface area contributed by atoms with Crippen LogP contribution in [0.25, 0.3) is 11.1 Å². The van der Waals surface area contributed by atoms with Gasteiger partial charge in [0.25, 0.3) is 5.91 Å². The molecule has 0 aromatic heterocycles. The first kappa shape index (κ1) is 25.3. The molecular formula is C28H26F3NO4. The highest BCUT2D eigenvalue weighted by Gasteiger charge is 2.34. The third-order valence-corrected chi connectivity index (χ3v) is 6.06. The molecule has 0 spiro atoms. The van der Waals surface area contributed by atoms with Crippen LogP contribution >= 0.6 is 0 Å². The van der Waals surface area contributed by atoms with Gasteiger partial charge in [0.2, 0.25) is 0 Å². The molecule has 4 rings (SSSR count). The lowest BCUT2D eigenvalue weighted by atomic mass is 10.0. The minimum Gasteiger partial charge on any atom is -0.485 e. The quantitative estimate of drug-likeness (QED) is 0.358. The van der Waals surface area contributed by atoms with Crippen LogP contribution in [0.2, 0.25) is 0 Å². The Kier molecular flexibility index (Phi) is 7.62. The fourth-order valence-corrected chi connectivity index (χ4v) is 3.87. The van der Waals surface area contributed by atoms with Gasteiger partial charge in [0.05, 0.1) is 19.1 Å². The largest absolute Gasteiger partial charge is 0.485 e. The van der Waals surface area contributed by atoms with Crippen LogP contribution in [0.5, 0.6) is 5.75 Å². The molecule has 1 amide bonds. The third kappa shape index (κ3) is 6.44. The van der Waals surface area contributed by atoms with Crippen molar-refractivity contribution < 1.29 is 32.2 Å². The standard InChI is InChI=1S/C28H26F3NO4/c1-35-25(33)16-17-32-27(34)22-6-4-21(5-7-22)26(20-2-3-20)36-24-14-10-19(11-15-24)18-8-12-23(13-9-18)28(29,30)31/h4-15,20,26H,2-3,16-17H2,1H3,(H,32,34). The molecule has 36 heavy (non-hydrogen) atoms. The Balaban J connectivity index is 1.40. The summed E-state index contributed by atoms with van der Waals surface area (Å²) in [4.78, 5) is 23.5. The van der Waals surface area contributed by atoms with E-state index in [1.165, 1.54) is 19.2 Å². The van der Waals surface area contributed by atoms with Crippen molar-refractivity contribution >= 4 is 11.9 Å². The molecular weight excluding hydrogens is 471 g/mol. The number of rotatable bonds is 9. The van der Waals surface area contributed by atoms with E-state index in [0.717, 1.165) is 36.1 Å². The maximum Gasteiger partial charge on any atom is 0.416 e. The van der Waals surface area contributed by atoms with Gasteiger partial charge in [0, 0.05) is 18.0 Å². The first-order valence-electron chi connectivity index (χ1n) is 11.6. The molecule has 0 radical (unpaired) electrons. The minimum atomic E-state index is -4.36. The number of amides is 1. The summed E-state index contributed by atoms with van der Waals surface area (Å²) in [6, 6.07) is 19.5. The number of alkyl halides is 3. The second kappa shape index (κ2) is 10.8. The van der Waals surface area contributed by atoms with Gasteiger partial charge in [-0.25, -0.2) is 0 Å². The lowest BCUT2D eigenvalue weighted by molar-refractivity contribution is -0.140. The van der Waals surface area contributed by atoms with E-state index in [1.807, 2.05) is 36.4 Å². The summed E-state index contributed by atoms with van der Waals surface area (Å²) in [6.07, 6.45) is -2.33. The smallest absolute Gasteiger partial charge is 0.416 e. The maximum atomic E-state index is 12.8. The molecule has 0 heterocycles. The molecule has 0 aliphatic heterocycles. The maximum absolute atomic E-state index is 12.8. The molecule has 1 N–H and O–H groups in total. The van der Waals surface area contributed by atoms with Crippen LogP contribution < -0.4 is 10.1 Å². The summed E-state index contributed by atoms with van der Waals surface area (Å²) in [5.41, 5.74) is 2.24. The first-order valence-corrected chi connectivity index (χ1v) is 11.6.